The predicted molar refractivity (Wildman–Crippen MR) is 274 cm³/mol. The maximum atomic E-state index is 12.9. The summed E-state index contributed by atoms with van der Waals surface area (Å²) >= 11 is 0. The molecule has 9 nitrogen and oxygen atoms in total. The average molecular weight is 923 g/mol. The molecule has 0 aromatic carbocycles. The molecule has 9 heteroatoms. The zero-order valence-corrected chi connectivity index (χ0v) is 41.4. The molecule has 0 aromatic heterocycles. The van der Waals surface area contributed by atoms with Crippen LogP contribution in [0.25, 0.3) is 0 Å². The Labute approximate surface area is 402 Å². The molecule has 1 fully saturated rings. The van der Waals surface area contributed by atoms with Crippen LogP contribution < -0.4 is 0 Å². The van der Waals surface area contributed by atoms with Crippen LogP contribution in [-0.4, -0.2) is 89.6 Å². The van der Waals surface area contributed by atoms with Crippen molar-refractivity contribution >= 4 is 5.97 Å². The minimum Gasteiger partial charge on any atom is -0.457 e. The van der Waals surface area contributed by atoms with Crippen LogP contribution in [0.1, 0.15) is 181 Å². The molecule has 66 heavy (non-hydrogen) atoms. The minimum absolute atomic E-state index is 0.125. The van der Waals surface area contributed by atoms with E-state index in [-0.39, 0.29) is 19.2 Å². The number of aliphatic hydroxyl groups is 4. The van der Waals surface area contributed by atoms with E-state index in [4.69, 9.17) is 18.9 Å². The number of hydrogen-bond donors (Lipinski definition) is 4. The topological polar surface area (TPSA) is 135 Å². The SMILES string of the molecule is CC/C=C\C/C=C\C/C=C\C/C=C\C/C=C\CCCCCCCCCC(=O)OC(COCCCCCCCCC/C=C\C/C=C\C/C=C\C/C=C\CC)COC1OC(CO)C(O)C(O)C1O. The lowest BCUT2D eigenvalue weighted by Gasteiger charge is -2.39. The quantitative estimate of drug-likeness (QED) is 0.0268. The summed E-state index contributed by atoms with van der Waals surface area (Å²) in [6.07, 6.45) is 59.7. The molecule has 0 radical (unpaired) electrons. The van der Waals surface area contributed by atoms with Crippen molar-refractivity contribution in [2.45, 2.75) is 218 Å². The standard InChI is InChI=1S/C57H94O9/c1-3-5-7-9-11-13-15-17-19-21-23-25-26-27-28-30-32-34-36-38-40-42-44-46-53(59)65-51(50-64-57-56(62)55(61)54(60)52(48-58)66-57)49-63-47-45-43-41-39-37-35-33-31-29-24-22-20-18-16-14-12-10-8-6-4-2/h5-8,11-14,17-20,23-25,27-29,51-52,54-58,60-62H,3-4,9-10,15-16,21-22,26,30-50H2,1-2H3/b7-5-,8-6-,13-11-,14-12-,19-17-,20-18-,25-23-,28-27-,29-24-. The van der Waals surface area contributed by atoms with Crippen LogP contribution in [0.15, 0.2) is 109 Å². The molecule has 1 aliphatic heterocycles. The Hall–Kier alpha value is -3.15. The van der Waals surface area contributed by atoms with E-state index in [1.165, 1.54) is 44.9 Å². The molecule has 0 spiro atoms. The zero-order valence-electron chi connectivity index (χ0n) is 41.4. The van der Waals surface area contributed by atoms with E-state index in [0.717, 1.165) is 116 Å². The number of rotatable bonds is 43. The van der Waals surface area contributed by atoms with Crippen molar-refractivity contribution in [1.29, 1.82) is 0 Å². The van der Waals surface area contributed by atoms with Crippen LogP contribution in [0, 0.1) is 0 Å². The largest absolute Gasteiger partial charge is 0.457 e. The second-order valence-corrected chi connectivity index (χ2v) is 17.2. The van der Waals surface area contributed by atoms with Crippen LogP contribution >= 0.6 is 0 Å². The first-order valence-electron chi connectivity index (χ1n) is 26.0. The Morgan fingerprint density at radius 3 is 1.32 bits per heavy atom. The maximum absolute atomic E-state index is 12.9. The van der Waals surface area contributed by atoms with E-state index in [0.29, 0.717) is 13.0 Å². The van der Waals surface area contributed by atoms with Gasteiger partial charge in [-0.05, 0) is 96.3 Å². The molecule has 1 heterocycles. The highest BCUT2D eigenvalue weighted by Crippen LogP contribution is 2.22. The lowest BCUT2D eigenvalue weighted by atomic mass is 9.99. The first-order valence-corrected chi connectivity index (χ1v) is 26.0. The molecule has 0 saturated carbocycles. The summed E-state index contributed by atoms with van der Waals surface area (Å²) in [5.74, 6) is -0.333. The molecule has 0 amide bonds. The molecule has 1 aliphatic rings. The van der Waals surface area contributed by atoms with Gasteiger partial charge in [0, 0.05) is 13.0 Å². The van der Waals surface area contributed by atoms with Gasteiger partial charge in [-0.15, -0.1) is 0 Å². The fourth-order valence-corrected chi connectivity index (χ4v) is 7.21. The molecular weight excluding hydrogens is 829 g/mol. The number of aliphatic hydroxyl groups excluding tert-OH is 4. The van der Waals surface area contributed by atoms with Crippen molar-refractivity contribution in [3.05, 3.63) is 109 Å². The molecule has 0 aromatic rings. The van der Waals surface area contributed by atoms with Crippen LogP contribution in [0.3, 0.4) is 0 Å². The molecule has 376 valence electrons. The van der Waals surface area contributed by atoms with Gasteiger partial charge in [0.1, 0.15) is 30.5 Å². The molecule has 6 atom stereocenters. The fraction of sp³-hybridized carbons (Fsp3) is 0.667. The van der Waals surface area contributed by atoms with E-state index in [2.05, 4.69) is 123 Å². The predicted octanol–water partition coefficient (Wildman–Crippen LogP) is 12.9. The Kier molecular flexibility index (Phi) is 43.3. The highest BCUT2D eigenvalue weighted by Gasteiger charge is 2.44. The van der Waals surface area contributed by atoms with Gasteiger partial charge in [0.15, 0.2) is 6.29 Å². The molecular formula is C57H94O9. The summed E-state index contributed by atoms with van der Waals surface area (Å²) < 4.78 is 22.9. The third-order valence-corrected chi connectivity index (χ3v) is 11.2. The summed E-state index contributed by atoms with van der Waals surface area (Å²) in [7, 11) is 0. The summed E-state index contributed by atoms with van der Waals surface area (Å²) in [5, 5.41) is 40.3. The van der Waals surface area contributed by atoms with Crippen LogP contribution in [-0.2, 0) is 23.7 Å². The second kappa shape index (κ2) is 46.9. The Bertz CT molecular complexity index is 1370. The van der Waals surface area contributed by atoms with Crippen molar-refractivity contribution in [1.82, 2.24) is 0 Å². The van der Waals surface area contributed by atoms with Crippen LogP contribution in [0.4, 0.5) is 0 Å². The number of ether oxygens (including phenoxy) is 4. The first kappa shape index (κ1) is 60.9. The third kappa shape index (κ3) is 36.9. The lowest BCUT2D eigenvalue weighted by molar-refractivity contribution is -0.305. The van der Waals surface area contributed by atoms with Gasteiger partial charge in [-0.3, -0.25) is 4.79 Å². The first-order chi connectivity index (χ1) is 32.4. The van der Waals surface area contributed by atoms with Crippen molar-refractivity contribution in [2.75, 3.05) is 26.4 Å². The van der Waals surface area contributed by atoms with E-state index < -0.39 is 43.4 Å². The monoisotopic (exact) mass is 923 g/mol. The smallest absolute Gasteiger partial charge is 0.306 e. The summed E-state index contributed by atoms with van der Waals surface area (Å²) in [4.78, 5) is 12.9. The van der Waals surface area contributed by atoms with Crippen molar-refractivity contribution in [2.24, 2.45) is 0 Å². The number of hydrogen-bond acceptors (Lipinski definition) is 9. The van der Waals surface area contributed by atoms with Gasteiger partial charge in [-0.2, -0.15) is 0 Å². The van der Waals surface area contributed by atoms with Crippen LogP contribution in [0.5, 0.6) is 0 Å². The van der Waals surface area contributed by atoms with Gasteiger partial charge in [0.25, 0.3) is 0 Å². The summed E-state index contributed by atoms with van der Waals surface area (Å²) in [6, 6.07) is 0. The third-order valence-electron chi connectivity index (χ3n) is 11.2. The van der Waals surface area contributed by atoms with Gasteiger partial charge in [-0.1, -0.05) is 187 Å². The van der Waals surface area contributed by atoms with Crippen molar-refractivity contribution in [3.8, 4) is 0 Å². The van der Waals surface area contributed by atoms with Crippen LogP contribution in [0.2, 0.25) is 0 Å². The fourth-order valence-electron chi connectivity index (χ4n) is 7.21. The van der Waals surface area contributed by atoms with Gasteiger partial charge in [0.05, 0.1) is 19.8 Å². The molecule has 4 N–H and O–H groups in total. The number of carbonyl (C=O) groups is 1. The number of unbranched alkanes of at least 4 members (excludes halogenated alkanes) is 14. The number of esters is 1. The van der Waals surface area contributed by atoms with Gasteiger partial charge < -0.3 is 39.4 Å². The normalized spacial score (nSPS) is 20.2. The number of allylic oxidation sites excluding steroid dienone is 18. The van der Waals surface area contributed by atoms with Gasteiger partial charge in [0.2, 0.25) is 0 Å². The van der Waals surface area contributed by atoms with Gasteiger partial charge in [-0.25, -0.2) is 0 Å². The highest BCUT2D eigenvalue weighted by molar-refractivity contribution is 5.69. The minimum atomic E-state index is -1.55. The van der Waals surface area contributed by atoms with E-state index in [9.17, 15) is 25.2 Å². The maximum Gasteiger partial charge on any atom is 0.306 e. The molecule has 1 saturated heterocycles. The molecule has 6 unspecified atom stereocenters. The van der Waals surface area contributed by atoms with E-state index in [1.54, 1.807) is 0 Å². The highest BCUT2D eigenvalue weighted by atomic mass is 16.7. The zero-order chi connectivity index (χ0) is 47.8. The second-order valence-electron chi connectivity index (χ2n) is 17.2. The molecule has 0 aliphatic carbocycles. The summed E-state index contributed by atoms with van der Waals surface area (Å²) in [5.41, 5.74) is 0. The van der Waals surface area contributed by atoms with E-state index >= 15 is 0 Å². The Balaban J connectivity index is 2.24. The van der Waals surface area contributed by atoms with Crippen molar-refractivity contribution in [3.63, 3.8) is 0 Å². The average Bonchev–Trinajstić information content (AvgIpc) is 3.32. The molecule has 1 rings (SSSR count). The Morgan fingerprint density at radius 1 is 0.485 bits per heavy atom. The number of carbonyl (C=O) groups excluding carboxylic acids is 1. The van der Waals surface area contributed by atoms with E-state index in [1.807, 2.05) is 0 Å². The Morgan fingerprint density at radius 2 is 0.879 bits per heavy atom. The summed E-state index contributed by atoms with van der Waals surface area (Å²) in [6.45, 7) is 4.28. The molecule has 0 bridgehead atoms. The van der Waals surface area contributed by atoms with Gasteiger partial charge >= 0.3 is 5.97 Å². The lowest BCUT2D eigenvalue weighted by Crippen LogP contribution is -2.59. The van der Waals surface area contributed by atoms with Crippen molar-refractivity contribution < 1.29 is 44.2 Å².